The lowest BCUT2D eigenvalue weighted by molar-refractivity contribution is 0.0943. The smallest absolute Gasteiger partial charge is 0.268 e. The highest BCUT2D eigenvalue weighted by atomic mass is 35.5. The van der Waals surface area contributed by atoms with Crippen LogP contribution in [0.5, 0.6) is 0 Å². The van der Waals surface area contributed by atoms with E-state index in [4.69, 9.17) is 5.73 Å². The van der Waals surface area contributed by atoms with Crippen LogP contribution in [0.25, 0.3) is 0 Å². The standard InChI is InChI=1S/C19H26N4O3S.ClH/c1-22-14-16(27(25,26)23-10-6-3-7-11-23)12-18(22)19(24)21-13-17(20)15-8-4-2-5-9-15;/h2,4-5,8-9,12,14,17H,3,6-7,10-11,13,20H2,1H3,(H,21,24);1H. The molecule has 28 heavy (non-hydrogen) atoms. The van der Waals surface area contributed by atoms with E-state index < -0.39 is 10.0 Å². The van der Waals surface area contributed by atoms with Gasteiger partial charge in [-0.15, -0.1) is 12.4 Å². The molecular formula is C19H27ClN4O3S. The number of nitrogens with two attached hydrogens (primary N) is 1. The van der Waals surface area contributed by atoms with E-state index in [-0.39, 0.29) is 35.8 Å². The van der Waals surface area contributed by atoms with Gasteiger partial charge in [-0.1, -0.05) is 36.8 Å². The molecule has 1 aromatic heterocycles. The zero-order valence-electron chi connectivity index (χ0n) is 15.9. The first kappa shape index (κ1) is 22.4. The second-order valence-corrected chi connectivity index (χ2v) is 8.80. The first-order valence-corrected chi connectivity index (χ1v) is 10.6. The van der Waals surface area contributed by atoms with Crippen molar-refractivity contribution in [3.8, 4) is 0 Å². The Labute approximate surface area is 172 Å². The van der Waals surface area contributed by atoms with Crippen LogP contribution in [-0.4, -0.2) is 42.8 Å². The number of rotatable bonds is 6. The molecule has 7 nitrogen and oxygen atoms in total. The van der Waals surface area contributed by atoms with Gasteiger partial charge in [0.05, 0.1) is 0 Å². The van der Waals surface area contributed by atoms with Crippen molar-refractivity contribution < 1.29 is 13.2 Å². The van der Waals surface area contributed by atoms with Gasteiger partial charge in [-0.3, -0.25) is 4.79 Å². The van der Waals surface area contributed by atoms with Gasteiger partial charge in [0.25, 0.3) is 5.91 Å². The SMILES string of the molecule is Cl.Cn1cc(S(=O)(=O)N2CCCCC2)cc1C(=O)NCC(N)c1ccccc1. The molecule has 1 saturated heterocycles. The summed E-state index contributed by atoms with van der Waals surface area (Å²) in [5, 5.41) is 2.79. The van der Waals surface area contributed by atoms with Crippen molar-refractivity contribution in [2.24, 2.45) is 12.8 Å². The summed E-state index contributed by atoms with van der Waals surface area (Å²) in [6.07, 6.45) is 4.29. The lowest BCUT2D eigenvalue weighted by Crippen LogP contribution is -2.35. The highest BCUT2D eigenvalue weighted by Gasteiger charge is 2.28. The summed E-state index contributed by atoms with van der Waals surface area (Å²) in [6.45, 7) is 1.33. The van der Waals surface area contributed by atoms with Crippen molar-refractivity contribution in [3.63, 3.8) is 0 Å². The summed E-state index contributed by atoms with van der Waals surface area (Å²) in [5.74, 6) is -0.344. The Morgan fingerprint density at radius 2 is 1.82 bits per heavy atom. The number of halogens is 1. The van der Waals surface area contributed by atoms with Crippen LogP contribution in [0.15, 0.2) is 47.5 Å². The molecule has 3 rings (SSSR count). The normalized spacial score (nSPS) is 16.2. The zero-order valence-corrected chi connectivity index (χ0v) is 17.5. The number of amides is 1. The minimum atomic E-state index is -3.56. The van der Waals surface area contributed by atoms with Gasteiger partial charge >= 0.3 is 0 Å². The monoisotopic (exact) mass is 426 g/mol. The summed E-state index contributed by atoms with van der Waals surface area (Å²) >= 11 is 0. The van der Waals surface area contributed by atoms with Crippen molar-refractivity contribution in [2.45, 2.75) is 30.2 Å². The molecule has 1 aromatic carbocycles. The molecule has 1 atom stereocenters. The van der Waals surface area contributed by atoms with E-state index in [2.05, 4.69) is 5.32 Å². The number of aromatic nitrogens is 1. The third-order valence-electron chi connectivity index (χ3n) is 4.88. The predicted molar refractivity (Wildman–Crippen MR) is 111 cm³/mol. The Bertz CT molecular complexity index is 893. The highest BCUT2D eigenvalue weighted by Crippen LogP contribution is 2.22. The predicted octanol–water partition coefficient (Wildman–Crippen LogP) is 2.05. The minimum absolute atomic E-state index is 0. The zero-order chi connectivity index (χ0) is 19.4. The fourth-order valence-electron chi connectivity index (χ4n) is 3.27. The van der Waals surface area contributed by atoms with Gasteiger partial charge in [-0.05, 0) is 24.5 Å². The van der Waals surface area contributed by atoms with Gasteiger partial charge in [0, 0.05) is 38.9 Å². The third-order valence-corrected chi connectivity index (χ3v) is 6.74. The molecule has 0 aliphatic carbocycles. The van der Waals surface area contributed by atoms with Gasteiger partial charge in [0.15, 0.2) is 0 Å². The van der Waals surface area contributed by atoms with Crippen LogP contribution in [0.2, 0.25) is 0 Å². The van der Waals surface area contributed by atoms with Gasteiger partial charge in [0.1, 0.15) is 10.6 Å². The maximum Gasteiger partial charge on any atom is 0.268 e. The number of sulfonamides is 1. The molecule has 0 radical (unpaired) electrons. The van der Waals surface area contributed by atoms with Crippen LogP contribution < -0.4 is 11.1 Å². The number of carbonyl (C=O) groups is 1. The quantitative estimate of drug-likeness (QED) is 0.738. The molecule has 1 aliphatic heterocycles. The van der Waals surface area contributed by atoms with E-state index in [0.717, 1.165) is 24.8 Å². The molecule has 2 heterocycles. The van der Waals surface area contributed by atoms with Crippen molar-refractivity contribution >= 4 is 28.3 Å². The van der Waals surface area contributed by atoms with Crippen LogP contribution >= 0.6 is 12.4 Å². The average Bonchev–Trinajstić information content (AvgIpc) is 3.10. The maximum atomic E-state index is 12.8. The van der Waals surface area contributed by atoms with Crippen LogP contribution in [0, 0.1) is 0 Å². The number of aryl methyl sites for hydroxylation is 1. The highest BCUT2D eigenvalue weighted by molar-refractivity contribution is 7.89. The molecule has 0 spiro atoms. The number of benzene rings is 1. The van der Waals surface area contributed by atoms with Crippen molar-refractivity contribution in [3.05, 3.63) is 53.9 Å². The van der Waals surface area contributed by atoms with E-state index in [1.54, 1.807) is 11.6 Å². The summed E-state index contributed by atoms with van der Waals surface area (Å²) in [5.41, 5.74) is 7.33. The molecule has 1 fully saturated rings. The maximum absolute atomic E-state index is 12.8. The van der Waals surface area contributed by atoms with Gasteiger partial charge < -0.3 is 15.6 Å². The minimum Gasteiger partial charge on any atom is -0.349 e. The largest absolute Gasteiger partial charge is 0.349 e. The molecule has 154 valence electrons. The summed E-state index contributed by atoms with van der Waals surface area (Å²) in [7, 11) is -1.90. The van der Waals surface area contributed by atoms with Crippen molar-refractivity contribution in [2.75, 3.05) is 19.6 Å². The fraction of sp³-hybridized carbons (Fsp3) is 0.421. The molecule has 0 saturated carbocycles. The van der Waals surface area contributed by atoms with E-state index in [1.165, 1.54) is 16.6 Å². The molecule has 3 N–H and O–H groups in total. The first-order valence-electron chi connectivity index (χ1n) is 9.15. The number of nitrogens with one attached hydrogen (secondary N) is 1. The summed E-state index contributed by atoms with van der Waals surface area (Å²) in [4.78, 5) is 12.7. The molecule has 1 amide bonds. The van der Waals surface area contributed by atoms with Crippen molar-refractivity contribution in [1.29, 1.82) is 0 Å². The second-order valence-electron chi connectivity index (χ2n) is 6.86. The molecular weight excluding hydrogens is 400 g/mol. The molecule has 9 heteroatoms. The van der Waals surface area contributed by atoms with E-state index in [1.807, 2.05) is 30.3 Å². The van der Waals surface area contributed by atoms with E-state index >= 15 is 0 Å². The molecule has 1 aliphatic rings. The molecule has 1 unspecified atom stereocenters. The number of hydrogen-bond acceptors (Lipinski definition) is 4. The Kier molecular flexibility index (Phi) is 7.65. The molecule has 2 aromatic rings. The van der Waals surface area contributed by atoms with Crippen LogP contribution in [0.3, 0.4) is 0 Å². The van der Waals surface area contributed by atoms with Crippen molar-refractivity contribution in [1.82, 2.24) is 14.2 Å². The summed E-state index contributed by atoms with van der Waals surface area (Å²) < 4.78 is 28.6. The average molecular weight is 427 g/mol. The van der Waals surface area contributed by atoms with Crippen LogP contribution in [0.4, 0.5) is 0 Å². The summed E-state index contributed by atoms with van der Waals surface area (Å²) in [6, 6.07) is 10.6. The Hall–Kier alpha value is -1.87. The lowest BCUT2D eigenvalue weighted by Gasteiger charge is -2.25. The lowest BCUT2D eigenvalue weighted by atomic mass is 10.1. The Morgan fingerprint density at radius 1 is 1.18 bits per heavy atom. The number of hydrogen-bond donors (Lipinski definition) is 2. The topological polar surface area (TPSA) is 97.4 Å². The second kappa shape index (κ2) is 9.56. The fourth-order valence-corrected chi connectivity index (χ4v) is 4.86. The first-order chi connectivity index (χ1) is 12.9. The Balaban J connectivity index is 0.00000280. The van der Waals surface area contributed by atoms with Gasteiger partial charge in [-0.25, -0.2) is 8.42 Å². The van der Waals surface area contributed by atoms with Gasteiger partial charge in [-0.2, -0.15) is 4.31 Å². The van der Waals surface area contributed by atoms with E-state index in [9.17, 15) is 13.2 Å². The van der Waals surface area contributed by atoms with Crippen LogP contribution in [-0.2, 0) is 17.1 Å². The van der Waals surface area contributed by atoms with Gasteiger partial charge in [0.2, 0.25) is 10.0 Å². The Morgan fingerprint density at radius 3 is 2.46 bits per heavy atom. The van der Waals surface area contributed by atoms with E-state index in [0.29, 0.717) is 18.8 Å². The molecule has 0 bridgehead atoms. The number of piperidine rings is 1. The third kappa shape index (κ3) is 4.94. The van der Waals surface area contributed by atoms with Crippen LogP contribution in [0.1, 0.15) is 41.4 Å². The number of nitrogens with zero attached hydrogens (tertiary/aromatic N) is 2. The number of carbonyl (C=O) groups excluding carboxylic acids is 1.